The Bertz CT molecular complexity index is 884. The molecule has 3 rings (SSSR count). The van der Waals surface area contributed by atoms with Crippen molar-refractivity contribution in [2.24, 2.45) is 11.8 Å². The molecule has 1 aromatic carbocycles. The van der Waals surface area contributed by atoms with Gasteiger partial charge in [0.25, 0.3) is 0 Å². The zero-order valence-corrected chi connectivity index (χ0v) is 15.4. The molecule has 2 atom stereocenters. The number of hydrogen-bond donors (Lipinski definition) is 1. The molecule has 2 aliphatic rings. The second-order valence-electron chi connectivity index (χ2n) is 7.00. The van der Waals surface area contributed by atoms with Gasteiger partial charge in [0, 0.05) is 23.7 Å². The zero-order valence-electron chi connectivity index (χ0n) is 14.6. The Hall–Kier alpha value is -1.95. The molecule has 0 heterocycles. The van der Waals surface area contributed by atoms with Gasteiger partial charge in [-0.2, -0.15) is 0 Å². The van der Waals surface area contributed by atoms with Crippen molar-refractivity contribution in [3.63, 3.8) is 0 Å². The van der Waals surface area contributed by atoms with Crippen LogP contribution in [0, 0.1) is 18.8 Å². The predicted octanol–water partition coefficient (Wildman–Crippen LogP) is 2.80. The molecule has 0 radical (unpaired) electrons. The van der Waals surface area contributed by atoms with Crippen LogP contribution in [0.4, 0.5) is 0 Å². The number of carbonyl (C=O) groups excluding carboxylic acids is 2. The second-order valence-corrected chi connectivity index (χ2v) is 8.98. The van der Waals surface area contributed by atoms with Crippen molar-refractivity contribution in [1.29, 1.82) is 0 Å². The van der Waals surface area contributed by atoms with E-state index in [0.717, 1.165) is 6.26 Å². The van der Waals surface area contributed by atoms with Crippen molar-refractivity contribution in [3.8, 4) is 0 Å². The number of ketones is 2. The van der Waals surface area contributed by atoms with Gasteiger partial charge in [-0.05, 0) is 55.9 Å². The number of fused-ring (bicyclic) bond motifs is 2. The van der Waals surface area contributed by atoms with Crippen LogP contribution in [0.25, 0.3) is 5.76 Å². The lowest BCUT2D eigenvalue weighted by Gasteiger charge is -2.21. The molecule has 2 aliphatic carbocycles. The van der Waals surface area contributed by atoms with Gasteiger partial charge in [0.2, 0.25) is 0 Å². The van der Waals surface area contributed by atoms with E-state index in [4.69, 9.17) is 0 Å². The minimum Gasteiger partial charge on any atom is -0.506 e. The van der Waals surface area contributed by atoms with Crippen LogP contribution >= 0.6 is 0 Å². The summed E-state index contributed by atoms with van der Waals surface area (Å²) in [7, 11) is -3.40. The van der Waals surface area contributed by atoms with E-state index in [1.807, 2.05) is 6.92 Å². The molecule has 134 valence electrons. The maximum Gasteiger partial charge on any atom is 0.175 e. The quantitative estimate of drug-likeness (QED) is 0.507. The van der Waals surface area contributed by atoms with Gasteiger partial charge < -0.3 is 5.11 Å². The molecular weight excluding hydrogens is 340 g/mol. The number of allylic oxidation sites excluding steroid dienone is 1. The maximum absolute atomic E-state index is 12.6. The molecule has 0 amide bonds. The average Bonchev–Trinajstić information content (AvgIpc) is 2.99. The largest absolute Gasteiger partial charge is 0.506 e. The van der Waals surface area contributed by atoms with E-state index in [0.29, 0.717) is 42.4 Å². The van der Waals surface area contributed by atoms with Gasteiger partial charge in [0.1, 0.15) is 11.3 Å². The van der Waals surface area contributed by atoms with Gasteiger partial charge in [0.05, 0.1) is 4.90 Å². The summed E-state index contributed by atoms with van der Waals surface area (Å²) in [6.45, 7) is 3.55. The number of aliphatic hydroxyl groups excluding tert-OH is 1. The fourth-order valence-electron chi connectivity index (χ4n) is 4.13. The average molecular weight is 362 g/mol. The Balaban J connectivity index is 2.19. The number of sulfone groups is 1. The van der Waals surface area contributed by atoms with E-state index < -0.39 is 9.84 Å². The second kappa shape index (κ2) is 6.09. The monoisotopic (exact) mass is 362 g/mol. The summed E-state index contributed by atoms with van der Waals surface area (Å²) in [6, 6.07) is 2.93. The smallest absolute Gasteiger partial charge is 0.175 e. The molecular formula is C19H22O5S. The molecule has 2 saturated carbocycles. The Morgan fingerprint density at radius 1 is 1.16 bits per heavy atom. The van der Waals surface area contributed by atoms with Crippen LogP contribution in [0.3, 0.4) is 0 Å². The van der Waals surface area contributed by atoms with Crippen molar-refractivity contribution in [2.45, 2.75) is 44.4 Å². The van der Waals surface area contributed by atoms with Crippen molar-refractivity contribution in [2.75, 3.05) is 6.26 Å². The number of hydrogen-bond acceptors (Lipinski definition) is 5. The van der Waals surface area contributed by atoms with Gasteiger partial charge in [-0.25, -0.2) is 8.42 Å². The molecule has 2 fully saturated rings. The van der Waals surface area contributed by atoms with E-state index in [2.05, 4.69) is 0 Å². The topological polar surface area (TPSA) is 88.5 Å². The van der Waals surface area contributed by atoms with Crippen LogP contribution in [-0.4, -0.2) is 31.3 Å². The van der Waals surface area contributed by atoms with Crippen LogP contribution in [0.1, 0.15) is 42.9 Å². The molecule has 6 heteroatoms. The van der Waals surface area contributed by atoms with Crippen molar-refractivity contribution >= 4 is 27.2 Å². The van der Waals surface area contributed by atoms with E-state index in [1.165, 1.54) is 12.1 Å². The molecule has 1 aromatic rings. The molecule has 2 unspecified atom stereocenters. The van der Waals surface area contributed by atoms with Crippen LogP contribution < -0.4 is 0 Å². The fourth-order valence-corrected chi connectivity index (χ4v) is 5.19. The van der Waals surface area contributed by atoms with E-state index in [1.54, 1.807) is 6.92 Å². The van der Waals surface area contributed by atoms with Gasteiger partial charge in [-0.3, -0.25) is 9.59 Å². The molecule has 0 saturated heterocycles. The third kappa shape index (κ3) is 2.82. The Kier molecular flexibility index (Phi) is 4.35. The lowest BCUT2D eigenvalue weighted by atomic mass is 9.81. The zero-order chi connectivity index (χ0) is 18.5. The summed E-state index contributed by atoms with van der Waals surface area (Å²) in [5, 5.41) is 10.7. The summed E-state index contributed by atoms with van der Waals surface area (Å²) in [6.07, 6.45) is 3.58. The first-order valence-corrected chi connectivity index (χ1v) is 10.4. The molecule has 0 aliphatic heterocycles. The minimum atomic E-state index is -3.40. The van der Waals surface area contributed by atoms with Gasteiger partial charge >= 0.3 is 0 Å². The number of benzene rings is 1. The predicted molar refractivity (Wildman–Crippen MR) is 94.1 cm³/mol. The Morgan fingerprint density at radius 3 is 2.20 bits per heavy atom. The molecule has 5 nitrogen and oxygen atoms in total. The minimum absolute atomic E-state index is 0.101. The first-order valence-electron chi connectivity index (χ1n) is 8.51. The highest BCUT2D eigenvalue weighted by atomic mass is 32.2. The third-order valence-electron chi connectivity index (χ3n) is 5.47. The molecule has 0 spiro atoms. The number of carbonyl (C=O) groups is 2. The number of rotatable bonds is 3. The van der Waals surface area contributed by atoms with E-state index in [9.17, 15) is 23.1 Å². The summed E-state index contributed by atoms with van der Waals surface area (Å²) in [4.78, 5) is 25.3. The Labute approximate surface area is 147 Å². The lowest BCUT2D eigenvalue weighted by molar-refractivity contribution is -0.127. The highest BCUT2D eigenvalue weighted by molar-refractivity contribution is 7.90. The molecule has 1 N–H and O–H groups in total. The first kappa shape index (κ1) is 17.9. The molecule has 0 aromatic heterocycles. The lowest BCUT2D eigenvalue weighted by Crippen LogP contribution is -2.30. The van der Waals surface area contributed by atoms with Crippen molar-refractivity contribution < 1.29 is 23.1 Å². The highest BCUT2D eigenvalue weighted by Crippen LogP contribution is 2.42. The van der Waals surface area contributed by atoms with Crippen LogP contribution in [-0.2, 0) is 25.8 Å². The standard InChI is InChI=1S/C19H22O5S/c1-4-13-10(2)14(7-8-15(13)25(3,23)24)19(22)16-17(20)11-5-6-12(9-11)18(16)21/h7-8,11-12,22H,4-6,9H2,1-3H3. The molecule has 25 heavy (non-hydrogen) atoms. The number of aliphatic hydroxyl groups is 1. The SMILES string of the molecule is CCc1c(S(C)(=O)=O)ccc(C(O)=C2C(=O)C3CCC(C3)C2=O)c1C. The summed E-state index contributed by atoms with van der Waals surface area (Å²) < 4.78 is 23.9. The first-order chi connectivity index (χ1) is 11.7. The van der Waals surface area contributed by atoms with Crippen LogP contribution in [0.15, 0.2) is 22.6 Å². The normalized spacial score (nSPS) is 23.2. The van der Waals surface area contributed by atoms with E-state index >= 15 is 0 Å². The van der Waals surface area contributed by atoms with E-state index in [-0.39, 0.29) is 39.6 Å². The summed E-state index contributed by atoms with van der Waals surface area (Å²) >= 11 is 0. The van der Waals surface area contributed by atoms with Gasteiger partial charge in [-0.1, -0.05) is 6.92 Å². The molecule has 2 bridgehead atoms. The summed E-state index contributed by atoms with van der Waals surface area (Å²) in [5.41, 5.74) is 1.46. The van der Waals surface area contributed by atoms with Crippen molar-refractivity contribution in [3.05, 3.63) is 34.4 Å². The summed E-state index contributed by atoms with van der Waals surface area (Å²) in [5.74, 6) is -1.22. The fraction of sp³-hybridized carbons (Fsp3) is 0.474. The van der Waals surface area contributed by atoms with Crippen LogP contribution in [0.5, 0.6) is 0 Å². The number of Topliss-reactive ketones (excluding diaryl/α,β-unsaturated/α-hetero) is 2. The Morgan fingerprint density at radius 2 is 1.72 bits per heavy atom. The van der Waals surface area contributed by atoms with Gasteiger partial charge in [-0.15, -0.1) is 0 Å². The van der Waals surface area contributed by atoms with Gasteiger partial charge in [0.15, 0.2) is 21.4 Å². The highest BCUT2D eigenvalue weighted by Gasteiger charge is 2.45. The van der Waals surface area contributed by atoms with Crippen LogP contribution in [0.2, 0.25) is 0 Å². The maximum atomic E-state index is 12.6. The third-order valence-corrected chi connectivity index (χ3v) is 6.65. The van der Waals surface area contributed by atoms with Crippen molar-refractivity contribution in [1.82, 2.24) is 0 Å².